The van der Waals surface area contributed by atoms with Gasteiger partial charge >= 0.3 is 0 Å². The molecule has 0 amide bonds. The Kier molecular flexibility index (Phi) is 5.14. The maximum Gasteiger partial charge on any atom is 0.120 e. The van der Waals surface area contributed by atoms with Crippen molar-refractivity contribution in [3.63, 3.8) is 0 Å². The van der Waals surface area contributed by atoms with Gasteiger partial charge in [-0.3, -0.25) is 4.90 Å². The Bertz CT molecular complexity index is 942. The molecule has 2 heterocycles. The number of nitriles is 1. The van der Waals surface area contributed by atoms with Gasteiger partial charge in [-0.15, -0.1) is 0 Å². The molecule has 2 aromatic carbocycles. The van der Waals surface area contributed by atoms with E-state index in [4.69, 9.17) is 10.00 Å². The van der Waals surface area contributed by atoms with Crippen LogP contribution in [0.1, 0.15) is 24.5 Å². The molecule has 3 aromatic rings. The van der Waals surface area contributed by atoms with E-state index in [0.717, 1.165) is 43.1 Å². The van der Waals surface area contributed by atoms with Gasteiger partial charge in [0.15, 0.2) is 0 Å². The van der Waals surface area contributed by atoms with E-state index in [1.54, 1.807) is 6.20 Å². The minimum Gasteiger partial charge on any atom is -0.486 e. The molecule has 0 saturated carbocycles. The molecule has 1 atom stereocenters. The van der Waals surface area contributed by atoms with Crippen molar-refractivity contribution in [3.05, 3.63) is 78.4 Å². The van der Waals surface area contributed by atoms with Crippen LogP contribution in [0.4, 0.5) is 0 Å². The lowest BCUT2D eigenvalue weighted by atomic mass is 10.1. The molecule has 0 N–H and O–H groups in total. The fraction of sp³-hybridized carbons (Fsp3) is 0.304. The molecule has 0 spiro atoms. The van der Waals surface area contributed by atoms with Crippen LogP contribution < -0.4 is 4.74 Å². The van der Waals surface area contributed by atoms with Gasteiger partial charge in [0.05, 0.1) is 18.8 Å². The molecule has 5 heteroatoms. The van der Waals surface area contributed by atoms with Gasteiger partial charge in [-0.2, -0.15) is 5.26 Å². The average molecular weight is 372 g/mol. The summed E-state index contributed by atoms with van der Waals surface area (Å²) in [6.45, 7) is 5.02. The topological polar surface area (TPSA) is 54.1 Å². The zero-order chi connectivity index (χ0) is 19.4. The Hall–Kier alpha value is -3.10. The molecule has 1 unspecified atom stereocenters. The first-order valence-electron chi connectivity index (χ1n) is 9.58. The van der Waals surface area contributed by atoms with E-state index in [1.165, 1.54) is 5.56 Å². The second kappa shape index (κ2) is 7.87. The van der Waals surface area contributed by atoms with Gasteiger partial charge in [0.2, 0.25) is 0 Å². The second-order valence-corrected chi connectivity index (χ2v) is 7.63. The number of imidazole rings is 1. The maximum atomic E-state index is 8.78. The van der Waals surface area contributed by atoms with Crippen LogP contribution in [0.15, 0.2) is 67.3 Å². The van der Waals surface area contributed by atoms with Crippen molar-refractivity contribution in [2.24, 2.45) is 0 Å². The summed E-state index contributed by atoms with van der Waals surface area (Å²) in [5.41, 5.74) is 3.25. The molecule has 5 nitrogen and oxygen atoms in total. The van der Waals surface area contributed by atoms with Gasteiger partial charge in [-0.1, -0.05) is 24.3 Å². The largest absolute Gasteiger partial charge is 0.486 e. The summed E-state index contributed by atoms with van der Waals surface area (Å²) in [6.07, 6.45) is 6.98. The van der Waals surface area contributed by atoms with Crippen LogP contribution in [-0.4, -0.2) is 33.1 Å². The van der Waals surface area contributed by atoms with Crippen molar-refractivity contribution in [1.29, 1.82) is 5.26 Å². The van der Waals surface area contributed by atoms with Crippen LogP contribution in [0.25, 0.3) is 5.69 Å². The Morgan fingerprint density at radius 2 is 1.86 bits per heavy atom. The number of rotatable bonds is 6. The summed E-state index contributed by atoms with van der Waals surface area (Å²) < 4.78 is 8.30. The highest BCUT2D eigenvalue weighted by Crippen LogP contribution is 2.29. The number of benzene rings is 2. The molecular formula is C23H24N4O. The molecule has 1 aromatic heterocycles. The minimum absolute atomic E-state index is 0.187. The molecule has 142 valence electrons. The van der Waals surface area contributed by atoms with Crippen molar-refractivity contribution in [1.82, 2.24) is 14.5 Å². The highest BCUT2D eigenvalue weighted by atomic mass is 16.5. The molecule has 1 fully saturated rings. The van der Waals surface area contributed by atoms with E-state index >= 15 is 0 Å². The van der Waals surface area contributed by atoms with Crippen LogP contribution in [0.5, 0.6) is 5.75 Å². The molecule has 0 aliphatic carbocycles. The zero-order valence-electron chi connectivity index (χ0n) is 16.1. The third-order valence-electron chi connectivity index (χ3n) is 5.23. The van der Waals surface area contributed by atoms with Crippen molar-refractivity contribution in [3.8, 4) is 17.5 Å². The summed E-state index contributed by atoms with van der Waals surface area (Å²) in [5.74, 6) is 0.871. The third-order valence-corrected chi connectivity index (χ3v) is 5.23. The summed E-state index contributed by atoms with van der Waals surface area (Å²) in [4.78, 5) is 6.54. The van der Waals surface area contributed by atoms with E-state index in [2.05, 4.69) is 47.1 Å². The lowest BCUT2D eigenvalue weighted by Crippen LogP contribution is -2.35. The van der Waals surface area contributed by atoms with Crippen molar-refractivity contribution >= 4 is 0 Å². The van der Waals surface area contributed by atoms with E-state index < -0.39 is 0 Å². The summed E-state index contributed by atoms with van der Waals surface area (Å²) in [6, 6.07) is 18.7. The Morgan fingerprint density at radius 1 is 1.11 bits per heavy atom. The normalized spacial score (nSPS) is 19.4. The zero-order valence-corrected chi connectivity index (χ0v) is 16.1. The first-order valence-corrected chi connectivity index (χ1v) is 9.58. The second-order valence-electron chi connectivity index (χ2n) is 7.63. The van der Waals surface area contributed by atoms with E-state index in [-0.39, 0.29) is 5.60 Å². The number of hydrogen-bond donors (Lipinski definition) is 0. The fourth-order valence-corrected chi connectivity index (χ4v) is 3.74. The predicted octanol–water partition coefficient (Wildman–Crippen LogP) is 3.98. The van der Waals surface area contributed by atoms with Crippen LogP contribution >= 0.6 is 0 Å². The fourth-order valence-electron chi connectivity index (χ4n) is 3.74. The average Bonchev–Trinajstić information content (AvgIpc) is 3.35. The summed E-state index contributed by atoms with van der Waals surface area (Å²) >= 11 is 0. The number of likely N-dealkylation sites (tertiary alicyclic amines) is 1. The SMILES string of the molecule is CC1(Oc2ccc(CC#N)cc2)CCN(Cc2ccc(-n3ccnc3)cc2)C1. The number of hydrogen-bond acceptors (Lipinski definition) is 4. The first kappa shape index (κ1) is 18.3. The highest BCUT2D eigenvalue weighted by molar-refractivity contribution is 5.34. The molecule has 0 bridgehead atoms. The highest BCUT2D eigenvalue weighted by Gasteiger charge is 2.35. The lowest BCUT2D eigenvalue weighted by molar-refractivity contribution is 0.0950. The minimum atomic E-state index is -0.187. The standard InChI is InChI=1S/C23H24N4O/c1-23(28-22-8-4-19(5-9-22)10-12-24)11-14-26(17-23)16-20-2-6-21(7-3-20)27-15-13-25-18-27/h2-9,13,15,18H,10-11,14,16-17H2,1H3. The third kappa shape index (κ3) is 4.24. The number of aromatic nitrogens is 2. The maximum absolute atomic E-state index is 8.78. The van der Waals surface area contributed by atoms with Crippen LogP contribution in [-0.2, 0) is 13.0 Å². The van der Waals surface area contributed by atoms with Crippen molar-refractivity contribution in [2.75, 3.05) is 13.1 Å². The lowest BCUT2D eigenvalue weighted by Gasteiger charge is -2.26. The van der Waals surface area contributed by atoms with Gasteiger partial charge in [0.25, 0.3) is 0 Å². The molecule has 0 radical (unpaired) electrons. The predicted molar refractivity (Wildman–Crippen MR) is 108 cm³/mol. The van der Waals surface area contributed by atoms with Gasteiger partial charge in [0.1, 0.15) is 11.4 Å². The van der Waals surface area contributed by atoms with Crippen molar-refractivity contribution in [2.45, 2.75) is 31.9 Å². The summed E-state index contributed by atoms with van der Waals surface area (Å²) in [5, 5.41) is 8.78. The monoisotopic (exact) mass is 372 g/mol. The van der Waals surface area contributed by atoms with Gasteiger partial charge in [-0.25, -0.2) is 4.98 Å². The van der Waals surface area contributed by atoms with E-state index in [9.17, 15) is 0 Å². The van der Waals surface area contributed by atoms with Gasteiger partial charge in [-0.05, 0) is 42.3 Å². The molecule has 1 aliphatic heterocycles. The van der Waals surface area contributed by atoms with E-state index in [1.807, 2.05) is 41.4 Å². The first-order chi connectivity index (χ1) is 13.6. The number of nitrogens with zero attached hydrogens (tertiary/aromatic N) is 4. The van der Waals surface area contributed by atoms with Crippen LogP contribution in [0.3, 0.4) is 0 Å². The Morgan fingerprint density at radius 3 is 2.54 bits per heavy atom. The van der Waals surface area contributed by atoms with Gasteiger partial charge < -0.3 is 9.30 Å². The van der Waals surface area contributed by atoms with E-state index in [0.29, 0.717) is 6.42 Å². The van der Waals surface area contributed by atoms with Crippen molar-refractivity contribution < 1.29 is 4.74 Å². The Balaban J connectivity index is 1.35. The molecule has 1 aliphatic rings. The van der Waals surface area contributed by atoms with Crippen LogP contribution in [0, 0.1) is 11.3 Å². The Labute approximate surface area is 165 Å². The quantitative estimate of drug-likeness (QED) is 0.657. The van der Waals surface area contributed by atoms with Gasteiger partial charge in [0, 0.05) is 44.1 Å². The summed E-state index contributed by atoms with van der Waals surface area (Å²) in [7, 11) is 0. The smallest absolute Gasteiger partial charge is 0.120 e. The molecule has 28 heavy (non-hydrogen) atoms. The molecule has 1 saturated heterocycles. The molecule has 4 rings (SSSR count). The van der Waals surface area contributed by atoms with Crippen LogP contribution in [0.2, 0.25) is 0 Å². The number of ether oxygens (including phenoxy) is 1. The molecular weight excluding hydrogens is 348 g/mol.